The van der Waals surface area contributed by atoms with E-state index in [1.54, 1.807) is 18.4 Å². The summed E-state index contributed by atoms with van der Waals surface area (Å²) < 4.78 is 8.89. The maximum absolute atomic E-state index is 12.4. The van der Waals surface area contributed by atoms with Gasteiger partial charge in [-0.25, -0.2) is 9.78 Å². The molecule has 1 saturated heterocycles. The van der Waals surface area contributed by atoms with Crippen LogP contribution in [0.4, 0.5) is 4.79 Å². The lowest BCUT2D eigenvalue weighted by molar-refractivity contribution is 0.134. The van der Waals surface area contributed by atoms with Gasteiger partial charge in [-0.3, -0.25) is 9.30 Å². The van der Waals surface area contributed by atoms with Crippen LogP contribution in [0, 0.1) is 0 Å². The Morgan fingerprint density at radius 3 is 2.65 bits per heavy atom. The van der Waals surface area contributed by atoms with Crippen molar-refractivity contribution in [1.29, 1.82) is 0 Å². The molecule has 2 amide bonds. The van der Waals surface area contributed by atoms with Crippen molar-refractivity contribution in [3.8, 4) is 17.0 Å². The molecule has 34 heavy (non-hydrogen) atoms. The molecule has 2 aromatic carbocycles. The summed E-state index contributed by atoms with van der Waals surface area (Å²) in [4.78, 5) is 22.9. The standard InChI is InChI=1S/C26H31N5O2S/c1-3-4-12-27-25(32)30-15-13-29(14-16-30)18-22-24(19-8-6-5-7-9-19)28-26-31(22)21-11-10-20(33-2)17-23(21)34-26/h5-11,17H,3-4,12-16,18H2,1-2H3,(H,27,32). The number of nitrogens with one attached hydrogen (secondary N) is 1. The first-order chi connectivity index (χ1) is 16.7. The molecule has 1 N–H and O–H groups in total. The van der Waals surface area contributed by atoms with E-state index in [0.29, 0.717) is 0 Å². The average Bonchev–Trinajstić information content (AvgIpc) is 3.41. The fourth-order valence-corrected chi connectivity index (χ4v) is 5.58. The van der Waals surface area contributed by atoms with Gasteiger partial charge in [-0.15, -0.1) is 0 Å². The summed E-state index contributed by atoms with van der Waals surface area (Å²) >= 11 is 1.69. The molecule has 0 aliphatic carbocycles. The molecule has 0 bridgehead atoms. The number of ether oxygens (including phenoxy) is 1. The minimum atomic E-state index is 0.0580. The minimum Gasteiger partial charge on any atom is -0.497 e. The summed E-state index contributed by atoms with van der Waals surface area (Å²) in [6.45, 7) is 6.84. The Balaban J connectivity index is 1.42. The Morgan fingerprint density at radius 1 is 1.12 bits per heavy atom. The average molecular weight is 478 g/mol. The molecule has 2 aromatic heterocycles. The molecular weight excluding hydrogens is 446 g/mol. The topological polar surface area (TPSA) is 62.1 Å². The zero-order valence-corrected chi connectivity index (χ0v) is 20.6. The maximum Gasteiger partial charge on any atom is 0.317 e. The van der Waals surface area contributed by atoms with Crippen LogP contribution in [0.1, 0.15) is 25.5 Å². The van der Waals surface area contributed by atoms with Crippen molar-refractivity contribution >= 4 is 32.5 Å². The smallest absolute Gasteiger partial charge is 0.317 e. The van der Waals surface area contributed by atoms with E-state index in [-0.39, 0.29) is 6.03 Å². The molecule has 178 valence electrons. The summed E-state index contributed by atoms with van der Waals surface area (Å²) in [5, 5.41) is 3.04. The molecule has 0 spiro atoms. The lowest BCUT2D eigenvalue weighted by Crippen LogP contribution is -2.51. The normalized spacial score (nSPS) is 14.7. The second-order valence-corrected chi connectivity index (χ2v) is 9.68. The first kappa shape index (κ1) is 22.7. The highest BCUT2D eigenvalue weighted by Crippen LogP contribution is 2.35. The number of hydrogen-bond donors (Lipinski definition) is 1. The van der Waals surface area contributed by atoms with Crippen molar-refractivity contribution in [3.05, 3.63) is 54.2 Å². The van der Waals surface area contributed by atoms with Crippen LogP contribution >= 0.6 is 11.3 Å². The van der Waals surface area contributed by atoms with Gasteiger partial charge >= 0.3 is 6.03 Å². The molecule has 0 radical (unpaired) electrons. The SMILES string of the molecule is CCCCNC(=O)N1CCN(Cc2c(-c3ccccc3)nc3sc4cc(OC)ccc4n23)CC1. The van der Waals surface area contributed by atoms with Crippen LogP contribution in [-0.2, 0) is 6.54 Å². The van der Waals surface area contributed by atoms with Crippen molar-refractivity contribution in [2.24, 2.45) is 0 Å². The fraction of sp³-hybridized carbons (Fsp3) is 0.385. The Kier molecular flexibility index (Phi) is 6.69. The van der Waals surface area contributed by atoms with Crippen LogP contribution in [0.25, 0.3) is 26.4 Å². The Labute approximate surface area is 204 Å². The van der Waals surface area contributed by atoms with Crippen LogP contribution in [-0.4, -0.2) is 65.0 Å². The van der Waals surface area contributed by atoms with Crippen LogP contribution in [0.5, 0.6) is 5.75 Å². The summed E-state index contributed by atoms with van der Waals surface area (Å²) in [7, 11) is 1.70. The van der Waals surface area contributed by atoms with Crippen molar-refractivity contribution in [1.82, 2.24) is 24.5 Å². The molecule has 4 aromatic rings. The number of fused-ring (bicyclic) bond motifs is 3. The summed E-state index contributed by atoms with van der Waals surface area (Å²) in [6, 6.07) is 16.7. The second kappa shape index (κ2) is 10.0. The van der Waals surface area contributed by atoms with Gasteiger partial charge in [0, 0.05) is 44.8 Å². The second-order valence-electron chi connectivity index (χ2n) is 8.68. The van der Waals surface area contributed by atoms with E-state index in [9.17, 15) is 4.79 Å². The molecule has 3 heterocycles. The summed E-state index contributed by atoms with van der Waals surface area (Å²) in [5.74, 6) is 0.857. The molecular formula is C26H31N5O2S. The number of methoxy groups -OCH3 is 1. The third kappa shape index (κ3) is 4.48. The number of imidazole rings is 1. The lowest BCUT2D eigenvalue weighted by atomic mass is 10.1. The molecule has 1 aliphatic rings. The molecule has 0 unspecified atom stereocenters. The highest BCUT2D eigenvalue weighted by molar-refractivity contribution is 7.23. The quantitative estimate of drug-likeness (QED) is 0.387. The fourth-order valence-electron chi connectivity index (χ4n) is 4.51. The molecule has 0 saturated carbocycles. The van der Waals surface area contributed by atoms with Gasteiger partial charge in [0.1, 0.15) is 5.75 Å². The van der Waals surface area contributed by atoms with Gasteiger partial charge in [0.15, 0.2) is 4.96 Å². The number of rotatable bonds is 7. The van der Waals surface area contributed by atoms with Gasteiger partial charge in [-0.1, -0.05) is 55.0 Å². The predicted octanol–water partition coefficient (Wildman–Crippen LogP) is 4.85. The number of aromatic nitrogens is 2. The predicted molar refractivity (Wildman–Crippen MR) is 138 cm³/mol. The van der Waals surface area contributed by atoms with Crippen LogP contribution < -0.4 is 10.1 Å². The Morgan fingerprint density at radius 2 is 1.91 bits per heavy atom. The number of hydrogen-bond acceptors (Lipinski definition) is 5. The zero-order chi connectivity index (χ0) is 23.5. The number of benzene rings is 2. The van der Waals surface area contributed by atoms with Crippen molar-refractivity contribution in [3.63, 3.8) is 0 Å². The first-order valence-corrected chi connectivity index (χ1v) is 12.8. The maximum atomic E-state index is 12.4. The number of urea groups is 1. The van der Waals surface area contributed by atoms with E-state index in [1.165, 1.54) is 5.69 Å². The zero-order valence-electron chi connectivity index (χ0n) is 19.8. The van der Waals surface area contributed by atoms with E-state index in [2.05, 4.69) is 57.9 Å². The van der Waals surface area contributed by atoms with E-state index < -0.39 is 0 Å². The third-order valence-corrected chi connectivity index (χ3v) is 7.44. The van der Waals surface area contributed by atoms with E-state index in [0.717, 1.165) is 84.3 Å². The number of thiazole rings is 1. The molecule has 8 heteroatoms. The lowest BCUT2D eigenvalue weighted by Gasteiger charge is -2.34. The van der Waals surface area contributed by atoms with Crippen molar-refractivity contribution in [2.75, 3.05) is 39.8 Å². The highest BCUT2D eigenvalue weighted by Gasteiger charge is 2.25. The molecule has 1 fully saturated rings. The largest absolute Gasteiger partial charge is 0.497 e. The van der Waals surface area contributed by atoms with Gasteiger partial charge in [0.2, 0.25) is 0 Å². The Hall–Kier alpha value is -3.10. The van der Waals surface area contributed by atoms with Crippen LogP contribution in [0.2, 0.25) is 0 Å². The number of unbranched alkanes of at least 4 members (excludes halogenated alkanes) is 1. The molecule has 0 atom stereocenters. The number of carbonyl (C=O) groups is 1. The van der Waals surface area contributed by atoms with Gasteiger partial charge < -0.3 is 15.0 Å². The summed E-state index contributed by atoms with van der Waals surface area (Å²) in [5.41, 5.74) is 4.51. The van der Waals surface area contributed by atoms with Gasteiger partial charge in [-0.2, -0.15) is 0 Å². The van der Waals surface area contributed by atoms with Crippen molar-refractivity contribution < 1.29 is 9.53 Å². The monoisotopic (exact) mass is 477 g/mol. The van der Waals surface area contributed by atoms with Crippen molar-refractivity contribution in [2.45, 2.75) is 26.3 Å². The van der Waals surface area contributed by atoms with Gasteiger partial charge in [-0.05, 0) is 24.6 Å². The summed E-state index contributed by atoms with van der Waals surface area (Å²) in [6.07, 6.45) is 2.10. The minimum absolute atomic E-state index is 0.0580. The number of nitrogens with zero attached hydrogens (tertiary/aromatic N) is 4. The molecule has 5 rings (SSSR count). The van der Waals surface area contributed by atoms with E-state index in [4.69, 9.17) is 9.72 Å². The first-order valence-electron chi connectivity index (χ1n) is 12.0. The molecule has 1 aliphatic heterocycles. The van der Waals surface area contributed by atoms with Crippen LogP contribution in [0.3, 0.4) is 0 Å². The number of amides is 2. The van der Waals surface area contributed by atoms with Gasteiger partial charge in [0.05, 0.1) is 28.7 Å². The number of piperazine rings is 1. The highest BCUT2D eigenvalue weighted by atomic mass is 32.1. The molecule has 7 nitrogen and oxygen atoms in total. The van der Waals surface area contributed by atoms with Gasteiger partial charge in [0.25, 0.3) is 0 Å². The van der Waals surface area contributed by atoms with E-state index >= 15 is 0 Å². The Bertz CT molecular complexity index is 1270. The number of carbonyl (C=O) groups excluding carboxylic acids is 1. The van der Waals surface area contributed by atoms with Crippen LogP contribution in [0.15, 0.2) is 48.5 Å². The van der Waals surface area contributed by atoms with E-state index in [1.807, 2.05) is 17.0 Å². The third-order valence-electron chi connectivity index (χ3n) is 6.44.